The van der Waals surface area contributed by atoms with Crippen LogP contribution in [0.15, 0.2) is 85.1 Å². The molecule has 0 radical (unpaired) electrons. The van der Waals surface area contributed by atoms with Crippen molar-refractivity contribution in [2.75, 3.05) is 47.5 Å². The van der Waals surface area contributed by atoms with Gasteiger partial charge in [-0.25, -0.2) is 4.57 Å². The van der Waals surface area contributed by atoms with Gasteiger partial charge in [0.2, 0.25) is 0 Å². The second-order valence-electron chi connectivity index (χ2n) is 22.8. The summed E-state index contributed by atoms with van der Waals surface area (Å²) < 4.78 is 34.7. The Hall–Kier alpha value is -2.81. The van der Waals surface area contributed by atoms with E-state index >= 15 is 0 Å². The summed E-state index contributed by atoms with van der Waals surface area (Å²) in [5.74, 6) is -0.801. The number of carbonyl (C=O) groups is 2. The van der Waals surface area contributed by atoms with Gasteiger partial charge in [-0.05, 0) is 89.9 Å². The van der Waals surface area contributed by atoms with Gasteiger partial charge >= 0.3 is 19.8 Å². The molecule has 2 atom stereocenters. The van der Waals surface area contributed by atoms with Gasteiger partial charge in [0, 0.05) is 12.8 Å². The molecule has 0 aliphatic heterocycles. The number of rotatable bonds is 59. The second kappa shape index (κ2) is 58.8. The van der Waals surface area contributed by atoms with E-state index in [0.717, 1.165) is 83.5 Å². The number of phosphoric acid groups is 1. The lowest BCUT2D eigenvalue weighted by Gasteiger charge is -2.24. The van der Waals surface area contributed by atoms with Crippen molar-refractivity contribution in [3.8, 4) is 0 Å². The van der Waals surface area contributed by atoms with Gasteiger partial charge in [-0.1, -0.05) is 266 Å². The van der Waals surface area contributed by atoms with Crippen LogP contribution in [-0.4, -0.2) is 74.9 Å². The van der Waals surface area contributed by atoms with Gasteiger partial charge < -0.3 is 18.9 Å². The highest BCUT2D eigenvalue weighted by atomic mass is 31.2. The molecule has 1 N–H and O–H groups in total. The Morgan fingerprint density at radius 3 is 1.10 bits per heavy atom. The fourth-order valence-electron chi connectivity index (χ4n) is 8.96. The van der Waals surface area contributed by atoms with Crippen molar-refractivity contribution >= 4 is 19.8 Å². The molecule has 0 heterocycles. The van der Waals surface area contributed by atoms with Crippen LogP contribution >= 0.6 is 7.82 Å². The lowest BCUT2D eigenvalue weighted by Crippen LogP contribution is -2.37. The van der Waals surface area contributed by atoms with Crippen LogP contribution in [0, 0.1) is 0 Å². The number of phosphoric ester groups is 1. The third-order valence-corrected chi connectivity index (χ3v) is 14.9. The summed E-state index contributed by atoms with van der Waals surface area (Å²) in [5.41, 5.74) is 0. The van der Waals surface area contributed by atoms with Crippen LogP contribution in [0.25, 0.3) is 0 Å². The molecule has 10 heteroatoms. The van der Waals surface area contributed by atoms with Crippen molar-refractivity contribution < 1.29 is 42.1 Å². The topological polar surface area (TPSA) is 108 Å². The Kier molecular flexibility index (Phi) is 56.7. The van der Waals surface area contributed by atoms with Gasteiger partial charge in [-0.2, -0.15) is 0 Å². The second-order valence-corrected chi connectivity index (χ2v) is 24.2. The first-order chi connectivity index (χ1) is 38.0. The zero-order chi connectivity index (χ0) is 57.0. The minimum Gasteiger partial charge on any atom is -0.462 e. The molecule has 0 fully saturated rings. The summed E-state index contributed by atoms with van der Waals surface area (Å²) in [7, 11) is 1.47. The van der Waals surface area contributed by atoms with Gasteiger partial charge in [0.1, 0.15) is 19.8 Å². The predicted molar refractivity (Wildman–Crippen MR) is 335 cm³/mol. The van der Waals surface area contributed by atoms with E-state index in [0.29, 0.717) is 17.4 Å². The van der Waals surface area contributed by atoms with Crippen LogP contribution in [-0.2, 0) is 32.7 Å². The van der Waals surface area contributed by atoms with Crippen LogP contribution in [0.4, 0.5) is 0 Å². The molecule has 9 nitrogen and oxygen atoms in total. The zero-order valence-corrected chi connectivity index (χ0v) is 52.3. The quantitative estimate of drug-likeness (QED) is 0.0211. The fraction of sp³-hybridized carbons (Fsp3) is 0.765. The number of quaternary nitrogens is 1. The molecule has 0 aliphatic rings. The number of unbranched alkanes of at least 4 members (excludes halogenated alkanes) is 31. The van der Waals surface area contributed by atoms with Crippen LogP contribution in [0.2, 0.25) is 0 Å². The average Bonchev–Trinajstić information content (AvgIpc) is 3.41. The van der Waals surface area contributed by atoms with E-state index in [4.69, 9.17) is 18.5 Å². The molecule has 78 heavy (non-hydrogen) atoms. The number of ether oxygens (including phenoxy) is 2. The molecule has 0 spiro atoms. The van der Waals surface area contributed by atoms with Crippen LogP contribution in [0.5, 0.6) is 0 Å². The van der Waals surface area contributed by atoms with Crippen molar-refractivity contribution in [3.63, 3.8) is 0 Å². The number of nitrogens with zero attached hydrogens (tertiary/aromatic N) is 1. The standard InChI is InChI=1S/C68H122NO8P/c1-6-8-10-12-14-16-18-20-22-24-26-28-30-32-34-36-38-40-42-44-46-48-50-52-54-56-58-60-67(70)74-64-66(65-76-78(72,73)75-63-62-69(3,4)5)77-68(71)61-59-57-55-53-51-49-47-45-43-41-39-37-35-33-31-29-27-25-23-21-19-17-15-13-11-9-7-2/h9,11,15,17,21,23-24,26-27,29,33,35,39,41,66H,6-8,10,12-14,16,18-20,22,25,28,30-32,34,36-38,40,42-65H2,1-5H3/p+1/b11-9-,17-15-,23-21-,26-24-,29-27-,35-33-,41-39-. The minimum atomic E-state index is -4.40. The highest BCUT2D eigenvalue weighted by molar-refractivity contribution is 7.47. The summed E-state index contributed by atoms with van der Waals surface area (Å²) in [6.07, 6.45) is 79.5. The third-order valence-electron chi connectivity index (χ3n) is 13.9. The molecule has 0 aromatic rings. The van der Waals surface area contributed by atoms with Crippen molar-refractivity contribution in [1.29, 1.82) is 0 Å². The number of esters is 2. The monoisotopic (exact) mass is 1110 g/mol. The normalized spacial score (nSPS) is 13.8. The SMILES string of the molecule is CC/C=C\C/C=C\C/C=C\C/C=C\C/C=C\C/C=C\CCCCCCCCCCC(=O)OC(COC(=O)CCCCCCCCCCCCCCCCC/C=C\CCCCCCCCCC)COP(=O)(O)OCC[N+](C)(C)C. The zero-order valence-electron chi connectivity index (χ0n) is 51.4. The molecule has 2 unspecified atom stereocenters. The molecule has 0 aromatic carbocycles. The molecule has 452 valence electrons. The van der Waals surface area contributed by atoms with Crippen molar-refractivity contribution in [3.05, 3.63) is 85.1 Å². The van der Waals surface area contributed by atoms with Gasteiger partial charge in [-0.3, -0.25) is 18.6 Å². The first-order valence-electron chi connectivity index (χ1n) is 32.3. The average molecular weight is 1110 g/mol. The van der Waals surface area contributed by atoms with Crippen molar-refractivity contribution in [2.45, 2.75) is 290 Å². The van der Waals surface area contributed by atoms with E-state index in [1.165, 1.54) is 167 Å². The van der Waals surface area contributed by atoms with Gasteiger partial charge in [-0.15, -0.1) is 0 Å². The van der Waals surface area contributed by atoms with E-state index < -0.39 is 26.5 Å². The van der Waals surface area contributed by atoms with Crippen LogP contribution in [0.1, 0.15) is 284 Å². The van der Waals surface area contributed by atoms with Gasteiger partial charge in [0.15, 0.2) is 6.10 Å². The summed E-state index contributed by atoms with van der Waals surface area (Å²) in [4.78, 5) is 35.8. The fourth-order valence-corrected chi connectivity index (χ4v) is 9.70. The molecular weight excluding hydrogens is 990 g/mol. The summed E-state index contributed by atoms with van der Waals surface area (Å²) in [6.45, 7) is 4.34. The summed E-state index contributed by atoms with van der Waals surface area (Å²) >= 11 is 0. The minimum absolute atomic E-state index is 0.0271. The smallest absolute Gasteiger partial charge is 0.462 e. The number of hydrogen-bond donors (Lipinski definition) is 1. The van der Waals surface area contributed by atoms with Crippen molar-refractivity contribution in [2.24, 2.45) is 0 Å². The van der Waals surface area contributed by atoms with E-state index in [1.807, 2.05) is 21.1 Å². The number of carbonyl (C=O) groups excluding carboxylic acids is 2. The van der Waals surface area contributed by atoms with Gasteiger partial charge in [0.25, 0.3) is 0 Å². The highest BCUT2D eigenvalue weighted by Crippen LogP contribution is 2.43. The van der Waals surface area contributed by atoms with E-state index in [1.54, 1.807) is 0 Å². The van der Waals surface area contributed by atoms with Crippen molar-refractivity contribution in [1.82, 2.24) is 0 Å². The van der Waals surface area contributed by atoms with E-state index in [9.17, 15) is 19.0 Å². The Morgan fingerprint density at radius 1 is 0.410 bits per heavy atom. The molecule has 0 bridgehead atoms. The number of likely N-dealkylation sites (N-methyl/N-ethyl adjacent to an activating group) is 1. The maximum Gasteiger partial charge on any atom is 0.472 e. The molecule has 0 aromatic heterocycles. The summed E-state index contributed by atoms with van der Waals surface area (Å²) in [5, 5.41) is 0. The molecule has 0 saturated carbocycles. The number of allylic oxidation sites excluding steroid dienone is 14. The maximum absolute atomic E-state index is 12.8. The lowest BCUT2D eigenvalue weighted by atomic mass is 10.0. The van der Waals surface area contributed by atoms with Crippen LogP contribution in [0.3, 0.4) is 0 Å². The molecule has 0 amide bonds. The Morgan fingerprint density at radius 2 is 0.731 bits per heavy atom. The molecule has 0 saturated heterocycles. The third kappa shape index (κ3) is 62.4. The van der Waals surface area contributed by atoms with E-state index in [-0.39, 0.29) is 32.0 Å². The first kappa shape index (κ1) is 75.2. The predicted octanol–water partition coefficient (Wildman–Crippen LogP) is 20.6. The van der Waals surface area contributed by atoms with Gasteiger partial charge in [0.05, 0.1) is 27.7 Å². The van der Waals surface area contributed by atoms with E-state index in [2.05, 4.69) is 98.9 Å². The Labute approximate surface area is 481 Å². The Bertz CT molecular complexity index is 1590. The lowest BCUT2D eigenvalue weighted by molar-refractivity contribution is -0.870. The first-order valence-corrected chi connectivity index (χ1v) is 33.8. The molecule has 0 rings (SSSR count). The Balaban J connectivity index is 4.13. The number of hydrogen-bond acceptors (Lipinski definition) is 7. The molecular formula is C68H123NO8P+. The molecule has 0 aliphatic carbocycles. The summed E-state index contributed by atoms with van der Waals surface area (Å²) in [6, 6.07) is 0. The highest BCUT2D eigenvalue weighted by Gasteiger charge is 2.27. The maximum atomic E-state index is 12.8. The largest absolute Gasteiger partial charge is 0.472 e. The van der Waals surface area contributed by atoms with Crippen LogP contribution < -0.4 is 0 Å².